The fourth-order valence-electron chi connectivity index (χ4n) is 3.84. The van der Waals surface area contributed by atoms with Crippen LogP contribution in [-0.4, -0.2) is 65.9 Å². The average molecular weight is 370 g/mol. The molecular weight excluding hydrogens is 344 g/mol. The standard InChI is InChI=1S/C19H26N6O2/c1-24(2)16-10-17(23-14-22-16)25-12-19(13-25)11-15(5-9-27-19)4-8-26-18-20-6-3-7-21-18/h3,6-7,10,14-15H,4-5,8-9,11-13H2,1-2H3/t15-/m1/s1. The minimum Gasteiger partial charge on any atom is -0.463 e. The summed E-state index contributed by atoms with van der Waals surface area (Å²) in [6, 6.07) is 4.27. The molecule has 27 heavy (non-hydrogen) atoms. The van der Waals surface area contributed by atoms with E-state index in [-0.39, 0.29) is 5.60 Å². The Hall–Kier alpha value is -2.48. The fraction of sp³-hybridized carbons (Fsp3) is 0.579. The molecule has 0 amide bonds. The van der Waals surface area contributed by atoms with E-state index in [4.69, 9.17) is 9.47 Å². The molecular formula is C19H26N6O2. The van der Waals surface area contributed by atoms with Crippen LogP contribution in [-0.2, 0) is 4.74 Å². The molecule has 144 valence electrons. The molecule has 0 N–H and O–H groups in total. The summed E-state index contributed by atoms with van der Waals surface area (Å²) in [7, 11) is 3.97. The molecule has 0 aromatic carbocycles. The number of rotatable bonds is 6. The first-order valence-electron chi connectivity index (χ1n) is 9.42. The number of nitrogens with zero attached hydrogens (tertiary/aromatic N) is 6. The molecule has 4 rings (SSSR count). The molecule has 0 aliphatic carbocycles. The predicted octanol–water partition coefficient (Wildman–Crippen LogP) is 1.79. The van der Waals surface area contributed by atoms with Crippen molar-refractivity contribution >= 4 is 11.6 Å². The van der Waals surface area contributed by atoms with E-state index in [0.717, 1.165) is 50.6 Å². The maximum Gasteiger partial charge on any atom is 0.316 e. The Morgan fingerprint density at radius 2 is 2.04 bits per heavy atom. The van der Waals surface area contributed by atoms with E-state index in [1.165, 1.54) is 0 Å². The third kappa shape index (κ3) is 4.10. The van der Waals surface area contributed by atoms with Crippen LogP contribution >= 0.6 is 0 Å². The quantitative estimate of drug-likeness (QED) is 0.762. The summed E-state index contributed by atoms with van der Waals surface area (Å²) in [5.74, 6) is 2.49. The normalized spacial score (nSPS) is 21.0. The number of anilines is 2. The lowest BCUT2D eigenvalue weighted by molar-refractivity contribution is -0.115. The van der Waals surface area contributed by atoms with Gasteiger partial charge in [-0.3, -0.25) is 0 Å². The molecule has 0 unspecified atom stereocenters. The highest BCUT2D eigenvalue weighted by atomic mass is 16.5. The zero-order chi connectivity index (χ0) is 18.7. The Morgan fingerprint density at radius 3 is 2.81 bits per heavy atom. The zero-order valence-electron chi connectivity index (χ0n) is 15.9. The molecule has 2 aromatic rings. The number of hydrogen-bond acceptors (Lipinski definition) is 8. The van der Waals surface area contributed by atoms with Crippen LogP contribution in [0.3, 0.4) is 0 Å². The second-order valence-electron chi connectivity index (χ2n) is 7.54. The van der Waals surface area contributed by atoms with Crippen molar-refractivity contribution in [1.29, 1.82) is 0 Å². The lowest BCUT2D eigenvalue weighted by Gasteiger charge is -2.53. The monoisotopic (exact) mass is 370 g/mol. The minimum absolute atomic E-state index is 0.0462. The summed E-state index contributed by atoms with van der Waals surface area (Å²) in [5.41, 5.74) is -0.0462. The van der Waals surface area contributed by atoms with E-state index in [1.54, 1.807) is 24.8 Å². The van der Waals surface area contributed by atoms with Gasteiger partial charge in [-0.25, -0.2) is 19.9 Å². The van der Waals surface area contributed by atoms with Gasteiger partial charge < -0.3 is 19.3 Å². The van der Waals surface area contributed by atoms with Crippen LogP contribution in [0, 0.1) is 5.92 Å². The van der Waals surface area contributed by atoms with Crippen molar-refractivity contribution in [3.8, 4) is 6.01 Å². The highest BCUT2D eigenvalue weighted by Crippen LogP contribution is 2.39. The number of aromatic nitrogens is 4. The second-order valence-corrected chi connectivity index (χ2v) is 7.54. The van der Waals surface area contributed by atoms with Crippen LogP contribution in [0.5, 0.6) is 6.01 Å². The van der Waals surface area contributed by atoms with Gasteiger partial charge in [-0.15, -0.1) is 0 Å². The molecule has 0 radical (unpaired) electrons. The number of ether oxygens (including phenoxy) is 2. The lowest BCUT2D eigenvalue weighted by atomic mass is 9.79. The Bertz CT molecular complexity index is 751. The van der Waals surface area contributed by atoms with Gasteiger partial charge in [-0.2, -0.15) is 0 Å². The summed E-state index contributed by atoms with van der Waals surface area (Å²) in [6.45, 7) is 3.23. The van der Waals surface area contributed by atoms with Crippen molar-refractivity contribution in [2.75, 3.05) is 50.2 Å². The summed E-state index contributed by atoms with van der Waals surface area (Å²) in [4.78, 5) is 21.2. The van der Waals surface area contributed by atoms with Crippen LogP contribution in [0.4, 0.5) is 11.6 Å². The molecule has 2 aliphatic rings. The van der Waals surface area contributed by atoms with Crippen molar-refractivity contribution in [2.24, 2.45) is 5.92 Å². The maximum atomic E-state index is 6.16. The first kappa shape index (κ1) is 17.9. The Kier molecular flexibility index (Phi) is 5.07. The van der Waals surface area contributed by atoms with Crippen molar-refractivity contribution < 1.29 is 9.47 Å². The van der Waals surface area contributed by atoms with Crippen LogP contribution in [0.15, 0.2) is 30.9 Å². The summed E-state index contributed by atoms with van der Waals surface area (Å²) >= 11 is 0. The number of hydrogen-bond donors (Lipinski definition) is 0. The summed E-state index contributed by atoms with van der Waals surface area (Å²) in [6.07, 6.45) is 8.17. The van der Waals surface area contributed by atoms with Gasteiger partial charge in [-0.05, 0) is 31.2 Å². The summed E-state index contributed by atoms with van der Waals surface area (Å²) < 4.78 is 11.8. The van der Waals surface area contributed by atoms with Crippen molar-refractivity contribution in [3.63, 3.8) is 0 Å². The molecule has 8 heteroatoms. The van der Waals surface area contributed by atoms with Gasteiger partial charge in [0.05, 0.1) is 19.7 Å². The van der Waals surface area contributed by atoms with Gasteiger partial charge in [-0.1, -0.05) is 0 Å². The third-order valence-electron chi connectivity index (χ3n) is 5.27. The fourth-order valence-corrected chi connectivity index (χ4v) is 3.84. The SMILES string of the molecule is CN(C)c1cc(N2CC3(C[C@H](CCOc4ncccn4)CCO3)C2)ncn1. The van der Waals surface area contributed by atoms with Gasteiger partial charge in [0.25, 0.3) is 0 Å². The summed E-state index contributed by atoms with van der Waals surface area (Å²) in [5, 5.41) is 0. The smallest absolute Gasteiger partial charge is 0.316 e. The molecule has 2 saturated heterocycles. The minimum atomic E-state index is -0.0462. The van der Waals surface area contributed by atoms with Crippen LogP contribution in [0.25, 0.3) is 0 Å². The van der Waals surface area contributed by atoms with E-state index < -0.39 is 0 Å². The highest BCUT2D eigenvalue weighted by molar-refractivity contribution is 5.52. The lowest BCUT2D eigenvalue weighted by Crippen LogP contribution is -2.65. The first-order valence-corrected chi connectivity index (χ1v) is 9.42. The first-order chi connectivity index (χ1) is 13.1. The molecule has 2 aliphatic heterocycles. The second kappa shape index (κ2) is 7.64. The molecule has 4 heterocycles. The molecule has 2 fully saturated rings. The Labute approximate surface area is 159 Å². The van der Waals surface area contributed by atoms with Crippen molar-refractivity contribution in [3.05, 3.63) is 30.9 Å². The van der Waals surface area contributed by atoms with Crippen molar-refractivity contribution in [1.82, 2.24) is 19.9 Å². The van der Waals surface area contributed by atoms with Gasteiger partial charge in [0.2, 0.25) is 0 Å². The van der Waals surface area contributed by atoms with E-state index in [0.29, 0.717) is 18.5 Å². The largest absolute Gasteiger partial charge is 0.463 e. The van der Waals surface area contributed by atoms with E-state index in [9.17, 15) is 0 Å². The van der Waals surface area contributed by atoms with Gasteiger partial charge in [0.1, 0.15) is 23.6 Å². The van der Waals surface area contributed by atoms with Crippen LogP contribution in [0.2, 0.25) is 0 Å². The topological polar surface area (TPSA) is 76.5 Å². The van der Waals surface area contributed by atoms with E-state index in [2.05, 4.69) is 24.8 Å². The maximum absolute atomic E-state index is 6.16. The Balaban J connectivity index is 1.28. The van der Waals surface area contributed by atoms with Gasteiger partial charge in [0.15, 0.2) is 0 Å². The Morgan fingerprint density at radius 1 is 1.22 bits per heavy atom. The van der Waals surface area contributed by atoms with Crippen molar-refractivity contribution in [2.45, 2.75) is 24.9 Å². The molecule has 0 saturated carbocycles. The average Bonchev–Trinajstić information content (AvgIpc) is 2.67. The molecule has 1 atom stereocenters. The van der Waals surface area contributed by atoms with E-state index >= 15 is 0 Å². The van der Waals surface area contributed by atoms with Crippen LogP contribution in [0.1, 0.15) is 19.3 Å². The predicted molar refractivity (Wildman–Crippen MR) is 102 cm³/mol. The van der Waals surface area contributed by atoms with Gasteiger partial charge in [0, 0.05) is 39.2 Å². The highest BCUT2D eigenvalue weighted by Gasteiger charge is 2.48. The molecule has 2 aromatic heterocycles. The third-order valence-corrected chi connectivity index (χ3v) is 5.27. The molecule has 1 spiro atoms. The molecule has 0 bridgehead atoms. The molecule has 8 nitrogen and oxygen atoms in total. The van der Waals surface area contributed by atoms with Gasteiger partial charge >= 0.3 is 6.01 Å². The zero-order valence-corrected chi connectivity index (χ0v) is 15.9. The van der Waals surface area contributed by atoms with E-state index in [1.807, 2.05) is 25.1 Å². The van der Waals surface area contributed by atoms with Crippen LogP contribution < -0.4 is 14.5 Å².